The Labute approximate surface area is 96.5 Å². The second-order valence-electron chi connectivity index (χ2n) is 4.66. The number of hydrogen-bond donors (Lipinski definition) is 1. The minimum atomic E-state index is 0.0251. The van der Waals surface area contributed by atoms with E-state index in [2.05, 4.69) is 31.3 Å². The van der Waals surface area contributed by atoms with E-state index in [-0.39, 0.29) is 11.8 Å². The third-order valence-electron chi connectivity index (χ3n) is 3.16. The third-order valence-corrected chi connectivity index (χ3v) is 3.16. The lowest BCUT2D eigenvalue weighted by Crippen LogP contribution is -2.31. The van der Waals surface area contributed by atoms with Crippen LogP contribution >= 0.6 is 0 Å². The molecule has 0 fully saturated rings. The highest BCUT2D eigenvalue weighted by Gasteiger charge is 2.25. The number of aryl methyl sites for hydroxylation is 2. The highest BCUT2D eigenvalue weighted by molar-refractivity contribution is 5.99. The van der Waals surface area contributed by atoms with Crippen LogP contribution in [0.2, 0.25) is 0 Å². The molecule has 1 heterocycles. The SMILES string of the molecule is Cc1cc(C)c2c(c1)N(C)C(=O)C(C)CN2. The molecular weight excluding hydrogens is 200 g/mol. The van der Waals surface area contributed by atoms with Crippen molar-refractivity contribution in [3.05, 3.63) is 23.3 Å². The zero-order valence-corrected chi connectivity index (χ0v) is 10.3. The lowest BCUT2D eigenvalue weighted by molar-refractivity contribution is -0.121. The maximum absolute atomic E-state index is 12.0. The van der Waals surface area contributed by atoms with Crippen molar-refractivity contribution < 1.29 is 4.79 Å². The molecule has 16 heavy (non-hydrogen) atoms. The monoisotopic (exact) mass is 218 g/mol. The number of nitrogens with zero attached hydrogens (tertiary/aromatic N) is 1. The van der Waals surface area contributed by atoms with Crippen molar-refractivity contribution in [3.63, 3.8) is 0 Å². The number of carbonyl (C=O) groups is 1. The van der Waals surface area contributed by atoms with Gasteiger partial charge in [-0.25, -0.2) is 0 Å². The number of hydrogen-bond acceptors (Lipinski definition) is 2. The van der Waals surface area contributed by atoms with Gasteiger partial charge in [0.15, 0.2) is 0 Å². The Hall–Kier alpha value is -1.51. The first-order valence-electron chi connectivity index (χ1n) is 5.63. The number of rotatable bonds is 0. The smallest absolute Gasteiger partial charge is 0.231 e. The second kappa shape index (κ2) is 3.81. The van der Waals surface area contributed by atoms with Crippen LogP contribution in [-0.4, -0.2) is 19.5 Å². The van der Waals surface area contributed by atoms with Crippen LogP contribution in [0.25, 0.3) is 0 Å². The fraction of sp³-hybridized carbons (Fsp3) is 0.462. The Morgan fingerprint density at radius 1 is 1.38 bits per heavy atom. The summed E-state index contributed by atoms with van der Waals surface area (Å²) in [7, 11) is 1.85. The van der Waals surface area contributed by atoms with Gasteiger partial charge in [-0.15, -0.1) is 0 Å². The van der Waals surface area contributed by atoms with Crippen molar-refractivity contribution in [3.8, 4) is 0 Å². The molecule has 1 amide bonds. The lowest BCUT2D eigenvalue weighted by Gasteiger charge is -2.20. The number of anilines is 2. The van der Waals surface area contributed by atoms with Gasteiger partial charge in [-0.1, -0.05) is 13.0 Å². The number of nitrogens with one attached hydrogen (secondary N) is 1. The van der Waals surface area contributed by atoms with Crippen molar-refractivity contribution in [2.45, 2.75) is 20.8 Å². The number of carbonyl (C=O) groups excluding carboxylic acids is 1. The van der Waals surface area contributed by atoms with E-state index in [9.17, 15) is 4.79 Å². The average Bonchev–Trinajstić information content (AvgIpc) is 2.32. The molecular formula is C13H18N2O. The zero-order valence-electron chi connectivity index (χ0n) is 10.3. The number of benzene rings is 1. The first-order chi connectivity index (χ1) is 7.50. The van der Waals surface area contributed by atoms with Gasteiger partial charge in [0.05, 0.1) is 17.3 Å². The predicted octanol–water partition coefficient (Wildman–Crippen LogP) is 2.33. The molecule has 86 valence electrons. The van der Waals surface area contributed by atoms with Crippen molar-refractivity contribution in [2.75, 3.05) is 23.8 Å². The Morgan fingerprint density at radius 3 is 2.75 bits per heavy atom. The van der Waals surface area contributed by atoms with E-state index in [1.807, 2.05) is 14.0 Å². The van der Waals surface area contributed by atoms with Gasteiger partial charge in [-0.3, -0.25) is 4.79 Å². The van der Waals surface area contributed by atoms with Crippen LogP contribution in [0.5, 0.6) is 0 Å². The van der Waals surface area contributed by atoms with Crippen molar-refractivity contribution in [2.24, 2.45) is 5.92 Å². The molecule has 1 aliphatic rings. The van der Waals surface area contributed by atoms with Gasteiger partial charge in [0.2, 0.25) is 5.91 Å². The first kappa shape index (κ1) is 11.0. The summed E-state index contributed by atoms with van der Waals surface area (Å²) < 4.78 is 0. The topological polar surface area (TPSA) is 32.3 Å². The minimum absolute atomic E-state index is 0.0251. The van der Waals surface area contributed by atoms with Gasteiger partial charge in [-0.05, 0) is 31.0 Å². The highest BCUT2D eigenvalue weighted by atomic mass is 16.2. The molecule has 0 saturated heterocycles. The minimum Gasteiger partial charge on any atom is -0.382 e. The van der Waals surface area contributed by atoms with E-state index in [0.29, 0.717) is 6.54 Å². The molecule has 3 nitrogen and oxygen atoms in total. The molecule has 1 atom stereocenters. The Bertz CT molecular complexity index is 440. The fourth-order valence-corrected chi connectivity index (χ4v) is 2.23. The molecule has 0 aliphatic carbocycles. The van der Waals surface area contributed by atoms with Crippen molar-refractivity contribution in [1.29, 1.82) is 0 Å². The third kappa shape index (κ3) is 1.66. The summed E-state index contributed by atoms with van der Waals surface area (Å²) in [6.45, 7) is 6.80. The average molecular weight is 218 g/mol. The van der Waals surface area contributed by atoms with E-state index < -0.39 is 0 Å². The quantitative estimate of drug-likeness (QED) is 0.725. The molecule has 1 aromatic rings. The molecule has 3 heteroatoms. The first-order valence-corrected chi connectivity index (χ1v) is 5.63. The summed E-state index contributed by atoms with van der Waals surface area (Å²) in [6.07, 6.45) is 0. The van der Waals surface area contributed by atoms with Gasteiger partial charge < -0.3 is 10.2 Å². The normalized spacial score (nSPS) is 20.1. The van der Waals surface area contributed by atoms with Crippen LogP contribution in [0.3, 0.4) is 0 Å². The number of amides is 1. The summed E-state index contributed by atoms with van der Waals surface area (Å²) in [5.41, 5.74) is 4.47. The highest BCUT2D eigenvalue weighted by Crippen LogP contribution is 2.33. The molecule has 0 radical (unpaired) electrons. The predicted molar refractivity (Wildman–Crippen MR) is 67.0 cm³/mol. The van der Waals surface area contributed by atoms with Crippen molar-refractivity contribution in [1.82, 2.24) is 0 Å². The van der Waals surface area contributed by atoms with E-state index in [1.54, 1.807) is 4.90 Å². The van der Waals surface area contributed by atoms with Gasteiger partial charge in [-0.2, -0.15) is 0 Å². The van der Waals surface area contributed by atoms with Crippen molar-refractivity contribution >= 4 is 17.3 Å². The standard InChI is InChI=1S/C13H18N2O/c1-8-5-9(2)12-11(6-8)15(4)13(16)10(3)7-14-12/h5-6,10,14H,7H2,1-4H3. The van der Waals surface area contributed by atoms with Crippen LogP contribution < -0.4 is 10.2 Å². The maximum atomic E-state index is 12.0. The largest absolute Gasteiger partial charge is 0.382 e. The van der Waals surface area contributed by atoms with Gasteiger partial charge in [0, 0.05) is 13.6 Å². The summed E-state index contributed by atoms with van der Waals surface area (Å²) in [5.74, 6) is 0.202. The molecule has 2 rings (SSSR count). The molecule has 0 bridgehead atoms. The molecule has 1 aliphatic heterocycles. The molecule has 0 saturated carbocycles. The summed E-state index contributed by atoms with van der Waals surface area (Å²) in [4.78, 5) is 13.8. The van der Waals surface area contributed by atoms with Gasteiger partial charge in [0.25, 0.3) is 0 Å². The van der Waals surface area contributed by atoms with E-state index in [0.717, 1.165) is 11.4 Å². The molecule has 1 N–H and O–H groups in total. The second-order valence-corrected chi connectivity index (χ2v) is 4.66. The molecule has 1 unspecified atom stereocenters. The Kier molecular flexibility index (Phi) is 2.62. The van der Waals surface area contributed by atoms with Crippen LogP contribution in [0, 0.1) is 19.8 Å². The fourth-order valence-electron chi connectivity index (χ4n) is 2.23. The van der Waals surface area contributed by atoms with Crippen LogP contribution in [0.15, 0.2) is 12.1 Å². The number of fused-ring (bicyclic) bond motifs is 1. The molecule has 1 aromatic carbocycles. The summed E-state index contributed by atoms with van der Waals surface area (Å²) in [6, 6.07) is 4.20. The van der Waals surface area contributed by atoms with E-state index in [1.165, 1.54) is 11.1 Å². The molecule has 0 spiro atoms. The van der Waals surface area contributed by atoms with Crippen LogP contribution in [0.4, 0.5) is 11.4 Å². The lowest BCUT2D eigenvalue weighted by atomic mass is 10.1. The van der Waals surface area contributed by atoms with Crippen LogP contribution in [0.1, 0.15) is 18.1 Å². The Morgan fingerprint density at radius 2 is 2.06 bits per heavy atom. The summed E-state index contributed by atoms with van der Waals surface area (Å²) in [5, 5.41) is 3.37. The zero-order chi connectivity index (χ0) is 11.9. The summed E-state index contributed by atoms with van der Waals surface area (Å²) >= 11 is 0. The van der Waals surface area contributed by atoms with Crippen LogP contribution in [-0.2, 0) is 4.79 Å². The molecule has 0 aromatic heterocycles. The van der Waals surface area contributed by atoms with E-state index >= 15 is 0 Å². The van der Waals surface area contributed by atoms with Gasteiger partial charge in [0.1, 0.15) is 0 Å². The van der Waals surface area contributed by atoms with Gasteiger partial charge >= 0.3 is 0 Å². The van der Waals surface area contributed by atoms with E-state index in [4.69, 9.17) is 0 Å². The Balaban J connectivity index is 2.57. The maximum Gasteiger partial charge on any atom is 0.231 e.